The first-order valence-corrected chi connectivity index (χ1v) is 3.15. The second kappa shape index (κ2) is 3.59. The highest BCUT2D eigenvalue weighted by Gasteiger charge is 1.91. The Bertz CT molecular complexity index is 44.8. The van der Waals surface area contributed by atoms with Gasteiger partial charge in [-0.3, -0.25) is 0 Å². The molecule has 0 aromatic heterocycles. The lowest BCUT2D eigenvalue weighted by atomic mass is 10.4. The SMILES string of the molecule is CCC(I)C=O. The summed E-state index contributed by atoms with van der Waals surface area (Å²) in [4.78, 5) is 9.73. The van der Waals surface area contributed by atoms with Crippen LogP contribution in [0.2, 0.25) is 0 Å². The first kappa shape index (κ1) is 6.40. The molecule has 0 aliphatic heterocycles. The molecule has 0 aliphatic rings. The van der Waals surface area contributed by atoms with Crippen LogP contribution >= 0.6 is 22.6 Å². The van der Waals surface area contributed by atoms with E-state index in [2.05, 4.69) is 22.6 Å². The normalized spacial score (nSPS) is 13.7. The maximum absolute atomic E-state index is 9.73. The summed E-state index contributed by atoms with van der Waals surface area (Å²) >= 11 is 2.10. The molecule has 36 valence electrons. The summed E-state index contributed by atoms with van der Waals surface area (Å²) in [6.07, 6.45) is 1.91. The number of aldehydes is 1. The van der Waals surface area contributed by atoms with Gasteiger partial charge in [0, 0.05) is 0 Å². The van der Waals surface area contributed by atoms with Crippen LogP contribution in [0.3, 0.4) is 0 Å². The molecule has 1 nitrogen and oxygen atoms in total. The van der Waals surface area contributed by atoms with Gasteiger partial charge in [0.2, 0.25) is 0 Å². The minimum absolute atomic E-state index is 0.225. The summed E-state index contributed by atoms with van der Waals surface area (Å²) in [5, 5.41) is 0. The molecule has 0 amide bonds. The van der Waals surface area contributed by atoms with Gasteiger partial charge in [-0.15, -0.1) is 0 Å². The largest absolute Gasteiger partial charge is 0.302 e. The average Bonchev–Trinajstić information content (AvgIpc) is 1.65. The molecular formula is C4H7IO. The van der Waals surface area contributed by atoms with Gasteiger partial charge in [0.05, 0.1) is 3.92 Å². The summed E-state index contributed by atoms with van der Waals surface area (Å²) in [6.45, 7) is 1.99. The zero-order chi connectivity index (χ0) is 4.99. The van der Waals surface area contributed by atoms with E-state index >= 15 is 0 Å². The summed E-state index contributed by atoms with van der Waals surface area (Å²) < 4.78 is 0.225. The Hall–Kier alpha value is 0.400. The third-order valence-corrected chi connectivity index (χ3v) is 1.71. The van der Waals surface area contributed by atoms with Gasteiger partial charge in [-0.05, 0) is 6.42 Å². The van der Waals surface area contributed by atoms with E-state index in [1.54, 1.807) is 0 Å². The molecule has 0 rings (SSSR count). The number of hydrogen-bond donors (Lipinski definition) is 0. The number of halogens is 1. The molecule has 0 aromatic rings. The molecule has 0 N–H and O–H groups in total. The highest BCUT2D eigenvalue weighted by Crippen LogP contribution is 1.98. The van der Waals surface area contributed by atoms with Crippen molar-refractivity contribution < 1.29 is 4.79 Å². The van der Waals surface area contributed by atoms with E-state index in [4.69, 9.17) is 0 Å². The van der Waals surface area contributed by atoms with Gasteiger partial charge in [0.1, 0.15) is 6.29 Å². The molecule has 0 spiro atoms. The molecule has 6 heavy (non-hydrogen) atoms. The fourth-order valence-corrected chi connectivity index (χ4v) is 0.0962. The maximum atomic E-state index is 9.73. The van der Waals surface area contributed by atoms with E-state index in [0.717, 1.165) is 12.7 Å². The molecule has 0 aliphatic carbocycles. The van der Waals surface area contributed by atoms with Gasteiger partial charge in [0.25, 0.3) is 0 Å². The summed E-state index contributed by atoms with van der Waals surface area (Å²) in [5.41, 5.74) is 0. The third-order valence-electron chi connectivity index (χ3n) is 0.538. The molecule has 0 bridgehead atoms. The van der Waals surface area contributed by atoms with Crippen LogP contribution in [0.4, 0.5) is 0 Å². The van der Waals surface area contributed by atoms with E-state index in [9.17, 15) is 4.79 Å². The summed E-state index contributed by atoms with van der Waals surface area (Å²) in [7, 11) is 0. The molecule has 1 unspecified atom stereocenters. The molecule has 2 heteroatoms. The lowest BCUT2D eigenvalue weighted by Gasteiger charge is -1.87. The smallest absolute Gasteiger partial charge is 0.132 e. The Morgan fingerprint density at radius 2 is 2.50 bits per heavy atom. The van der Waals surface area contributed by atoms with Crippen LogP contribution in [-0.2, 0) is 4.79 Å². The standard InChI is InChI=1S/C4H7IO/c1-2-4(5)3-6/h3-4H,2H2,1H3. The van der Waals surface area contributed by atoms with E-state index in [0.29, 0.717) is 0 Å². The Morgan fingerprint density at radius 1 is 2.00 bits per heavy atom. The monoisotopic (exact) mass is 198 g/mol. The quantitative estimate of drug-likeness (QED) is 0.372. The van der Waals surface area contributed by atoms with E-state index in [1.807, 2.05) is 6.92 Å². The van der Waals surface area contributed by atoms with Crippen molar-refractivity contribution in [3.63, 3.8) is 0 Å². The minimum atomic E-state index is 0.225. The van der Waals surface area contributed by atoms with Crippen molar-refractivity contribution in [3.8, 4) is 0 Å². The van der Waals surface area contributed by atoms with E-state index < -0.39 is 0 Å². The second-order valence-corrected chi connectivity index (χ2v) is 2.66. The first-order valence-electron chi connectivity index (χ1n) is 1.90. The van der Waals surface area contributed by atoms with Gasteiger partial charge in [-0.25, -0.2) is 0 Å². The van der Waals surface area contributed by atoms with Crippen molar-refractivity contribution >= 4 is 28.9 Å². The van der Waals surface area contributed by atoms with Gasteiger partial charge >= 0.3 is 0 Å². The number of carbonyl (C=O) groups excluding carboxylic acids is 1. The Morgan fingerprint density at radius 3 is 2.50 bits per heavy atom. The van der Waals surface area contributed by atoms with Gasteiger partial charge in [0.15, 0.2) is 0 Å². The topological polar surface area (TPSA) is 17.1 Å². The van der Waals surface area contributed by atoms with Crippen molar-refractivity contribution in [3.05, 3.63) is 0 Å². The third kappa shape index (κ3) is 2.63. The average molecular weight is 198 g/mol. The number of alkyl halides is 1. The molecule has 0 aromatic carbocycles. The lowest BCUT2D eigenvalue weighted by molar-refractivity contribution is -0.107. The molecule has 0 saturated heterocycles. The predicted octanol–water partition coefficient (Wildman–Crippen LogP) is 1.40. The fourth-order valence-electron chi connectivity index (χ4n) is 0.0962. The van der Waals surface area contributed by atoms with Crippen LogP contribution in [0, 0.1) is 0 Å². The van der Waals surface area contributed by atoms with Gasteiger partial charge in [-0.1, -0.05) is 29.5 Å². The van der Waals surface area contributed by atoms with Crippen LogP contribution in [0.1, 0.15) is 13.3 Å². The van der Waals surface area contributed by atoms with Crippen molar-refractivity contribution in [2.75, 3.05) is 0 Å². The maximum Gasteiger partial charge on any atom is 0.132 e. The van der Waals surface area contributed by atoms with Crippen LogP contribution in [0.15, 0.2) is 0 Å². The van der Waals surface area contributed by atoms with Crippen LogP contribution < -0.4 is 0 Å². The Balaban J connectivity index is 2.96. The van der Waals surface area contributed by atoms with E-state index in [1.165, 1.54) is 0 Å². The molecule has 1 atom stereocenters. The molecule has 0 radical (unpaired) electrons. The van der Waals surface area contributed by atoms with Crippen LogP contribution in [0.25, 0.3) is 0 Å². The van der Waals surface area contributed by atoms with Gasteiger partial charge < -0.3 is 4.79 Å². The number of rotatable bonds is 2. The Kier molecular flexibility index (Phi) is 3.82. The number of carbonyl (C=O) groups is 1. The predicted molar refractivity (Wildman–Crippen MR) is 34.2 cm³/mol. The lowest BCUT2D eigenvalue weighted by Crippen LogP contribution is -1.92. The number of hydrogen-bond acceptors (Lipinski definition) is 1. The van der Waals surface area contributed by atoms with E-state index in [-0.39, 0.29) is 3.92 Å². The molecule has 0 fully saturated rings. The second-order valence-electron chi connectivity index (χ2n) is 1.06. The Labute approximate surface area is 51.3 Å². The van der Waals surface area contributed by atoms with Crippen molar-refractivity contribution in [1.29, 1.82) is 0 Å². The van der Waals surface area contributed by atoms with Crippen molar-refractivity contribution in [2.24, 2.45) is 0 Å². The molecule has 0 saturated carbocycles. The highest BCUT2D eigenvalue weighted by atomic mass is 127. The zero-order valence-electron chi connectivity index (χ0n) is 3.65. The van der Waals surface area contributed by atoms with Crippen molar-refractivity contribution in [2.45, 2.75) is 17.3 Å². The van der Waals surface area contributed by atoms with Crippen LogP contribution in [0.5, 0.6) is 0 Å². The summed E-state index contributed by atoms with van der Waals surface area (Å²) in [5.74, 6) is 0. The van der Waals surface area contributed by atoms with Crippen LogP contribution in [-0.4, -0.2) is 10.2 Å². The minimum Gasteiger partial charge on any atom is -0.302 e. The molecular weight excluding hydrogens is 191 g/mol. The molecule has 0 heterocycles. The van der Waals surface area contributed by atoms with Crippen molar-refractivity contribution in [1.82, 2.24) is 0 Å². The van der Waals surface area contributed by atoms with Gasteiger partial charge in [-0.2, -0.15) is 0 Å². The highest BCUT2D eigenvalue weighted by molar-refractivity contribution is 14.1. The first-order chi connectivity index (χ1) is 2.81. The fraction of sp³-hybridized carbons (Fsp3) is 0.750. The zero-order valence-corrected chi connectivity index (χ0v) is 5.81. The summed E-state index contributed by atoms with van der Waals surface area (Å²) in [6, 6.07) is 0.